The quantitative estimate of drug-likeness (QED) is 0.595. The molecule has 74 valence electrons. The van der Waals surface area contributed by atoms with Crippen LogP contribution in [0, 0.1) is 11.3 Å². The standard InChI is InChI=1S/C9H14BrNO2/c1-13-11-8(12)9-3-2-6(5-9)4-7(9)10/h6-7H,2-5H2,1H3,(H,11,12). The molecule has 2 rings (SSSR count). The minimum Gasteiger partial charge on any atom is -0.277 e. The van der Waals surface area contributed by atoms with Crippen LogP contribution in [-0.4, -0.2) is 17.8 Å². The summed E-state index contributed by atoms with van der Waals surface area (Å²) in [4.78, 5) is 16.8. The second-order valence-electron chi connectivity index (χ2n) is 4.10. The third-order valence-corrected chi connectivity index (χ3v) is 4.69. The van der Waals surface area contributed by atoms with E-state index in [4.69, 9.17) is 0 Å². The number of nitrogens with one attached hydrogen (secondary N) is 1. The maximum absolute atomic E-state index is 11.8. The molecule has 0 heterocycles. The molecule has 13 heavy (non-hydrogen) atoms. The van der Waals surface area contributed by atoms with Crippen molar-refractivity contribution in [1.29, 1.82) is 0 Å². The van der Waals surface area contributed by atoms with Crippen molar-refractivity contribution in [3.63, 3.8) is 0 Å². The van der Waals surface area contributed by atoms with Crippen molar-refractivity contribution in [1.82, 2.24) is 5.48 Å². The summed E-state index contributed by atoms with van der Waals surface area (Å²) in [6.07, 6.45) is 4.36. The zero-order valence-corrected chi connectivity index (χ0v) is 9.26. The first-order chi connectivity index (χ1) is 6.19. The van der Waals surface area contributed by atoms with Gasteiger partial charge in [0.2, 0.25) is 0 Å². The Morgan fingerprint density at radius 2 is 2.46 bits per heavy atom. The molecule has 0 aromatic carbocycles. The number of fused-ring (bicyclic) bond motifs is 2. The smallest absolute Gasteiger partial charge is 0.250 e. The Balaban J connectivity index is 2.14. The van der Waals surface area contributed by atoms with Crippen molar-refractivity contribution in [2.75, 3.05) is 7.11 Å². The maximum Gasteiger partial charge on any atom is 0.250 e. The number of hydrogen-bond donors (Lipinski definition) is 1. The molecule has 2 fully saturated rings. The number of halogens is 1. The van der Waals surface area contributed by atoms with Gasteiger partial charge in [0.15, 0.2) is 0 Å². The van der Waals surface area contributed by atoms with Crippen LogP contribution in [0.5, 0.6) is 0 Å². The summed E-state index contributed by atoms with van der Waals surface area (Å²) in [5, 5.41) is 0. The molecule has 1 amide bonds. The summed E-state index contributed by atoms with van der Waals surface area (Å²) in [5.74, 6) is 0.795. The van der Waals surface area contributed by atoms with Gasteiger partial charge in [-0.1, -0.05) is 15.9 Å². The lowest BCUT2D eigenvalue weighted by atomic mass is 9.83. The molecule has 2 saturated carbocycles. The highest BCUT2D eigenvalue weighted by Gasteiger charge is 2.55. The fourth-order valence-corrected chi connectivity index (χ4v) is 3.88. The first-order valence-electron chi connectivity index (χ1n) is 4.66. The van der Waals surface area contributed by atoms with E-state index in [2.05, 4.69) is 26.2 Å². The molecule has 1 N–H and O–H groups in total. The van der Waals surface area contributed by atoms with Crippen molar-refractivity contribution in [2.45, 2.75) is 30.5 Å². The summed E-state index contributed by atoms with van der Waals surface area (Å²) in [5.41, 5.74) is 2.29. The van der Waals surface area contributed by atoms with Crippen LogP contribution in [0.4, 0.5) is 0 Å². The molecule has 2 aliphatic rings. The summed E-state index contributed by atoms with van der Waals surface area (Å²) >= 11 is 3.61. The van der Waals surface area contributed by atoms with Crippen LogP contribution in [0.3, 0.4) is 0 Å². The lowest BCUT2D eigenvalue weighted by Crippen LogP contribution is -2.42. The summed E-state index contributed by atoms with van der Waals surface area (Å²) in [6, 6.07) is 0. The molecule has 0 radical (unpaired) electrons. The van der Waals surface area contributed by atoms with E-state index in [1.807, 2.05) is 0 Å². The highest BCUT2D eigenvalue weighted by molar-refractivity contribution is 9.09. The van der Waals surface area contributed by atoms with Gasteiger partial charge in [0.05, 0.1) is 12.5 Å². The van der Waals surface area contributed by atoms with E-state index < -0.39 is 0 Å². The first-order valence-corrected chi connectivity index (χ1v) is 5.58. The molecule has 4 heteroatoms. The molecule has 3 atom stereocenters. The van der Waals surface area contributed by atoms with Gasteiger partial charge in [-0.2, -0.15) is 0 Å². The average Bonchev–Trinajstić information content (AvgIpc) is 2.62. The average molecular weight is 248 g/mol. The van der Waals surface area contributed by atoms with Gasteiger partial charge in [0.25, 0.3) is 5.91 Å². The molecule has 2 bridgehead atoms. The monoisotopic (exact) mass is 247 g/mol. The number of hydrogen-bond acceptors (Lipinski definition) is 2. The molecule has 0 spiro atoms. The predicted molar refractivity (Wildman–Crippen MR) is 52.3 cm³/mol. The molecule has 0 aromatic heterocycles. The number of alkyl halides is 1. The minimum absolute atomic E-state index is 0.0527. The van der Waals surface area contributed by atoms with E-state index in [0.717, 1.165) is 25.2 Å². The fraction of sp³-hybridized carbons (Fsp3) is 0.889. The van der Waals surface area contributed by atoms with Crippen molar-refractivity contribution < 1.29 is 9.63 Å². The van der Waals surface area contributed by atoms with Crippen molar-refractivity contribution in [3.05, 3.63) is 0 Å². The summed E-state index contributed by atoms with van der Waals surface area (Å²) in [7, 11) is 1.49. The molecular formula is C9H14BrNO2. The number of hydroxylamine groups is 1. The number of carbonyl (C=O) groups excluding carboxylic acids is 1. The van der Waals surface area contributed by atoms with Crippen LogP contribution in [0.15, 0.2) is 0 Å². The molecule has 3 unspecified atom stereocenters. The van der Waals surface area contributed by atoms with Crippen molar-refractivity contribution in [3.8, 4) is 0 Å². The van der Waals surface area contributed by atoms with E-state index in [0.29, 0.717) is 4.83 Å². The minimum atomic E-state index is -0.180. The predicted octanol–water partition coefficient (Wildman–Crippen LogP) is 1.62. The molecule has 0 aromatic rings. The normalized spacial score (nSPS) is 42.3. The lowest BCUT2D eigenvalue weighted by Gasteiger charge is -2.29. The third-order valence-electron chi connectivity index (χ3n) is 3.44. The Morgan fingerprint density at radius 3 is 2.92 bits per heavy atom. The van der Waals surface area contributed by atoms with Gasteiger partial charge in [-0.05, 0) is 31.6 Å². The maximum atomic E-state index is 11.8. The van der Waals surface area contributed by atoms with E-state index in [9.17, 15) is 4.79 Å². The molecule has 3 nitrogen and oxygen atoms in total. The zero-order chi connectivity index (χ0) is 9.47. The van der Waals surface area contributed by atoms with E-state index in [-0.39, 0.29) is 11.3 Å². The van der Waals surface area contributed by atoms with Crippen molar-refractivity contribution in [2.24, 2.45) is 11.3 Å². The third kappa shape index (κ3) is 1.31. The first kappa shape index (κ1) is 9.46. The van der Waals surface area contributed by atoms with E-state index >= 15 is 0 Å². The van der Waals surface area contributed by atoms with Crippen LogP contribution in [0.2, 0.25) is 0 Å². The zero-order valence-electron chi connectivity index (χ0n) is 7.68. The highest BCUT2D eigenvalue weighted by Crippen LogP contribution is 2.57. The highest BCUT2D eigenvalue weighted by atomic mass is 79.9. The lowest BCUT2D eigenvalue weighted by molar-refractivity contribution is -0.141. The largest absolute Gasteiger partial charge is 0.277 e. The summed E-state index contributed by atoms with van der Waals surface area (Å²) in [6.45, 7) is 0. The van der Waals surface area contributed by atoms with Gasteiger partial charge in [0, 0.05) is 4.83 Å². The Kier molecular flexibility index (Phi) is 2.36. The Morgan fingerprint density at radius 1 is 1.69 bits per heavy atom. The van der Waals surface area contributed by atoms with Crippen LogP contribution in [0.25, 0.3) is 0 Å². The Hall–Kier alpha value is -0.0900. The number of rotatable bonds is 2. The molecular weight excluding hydrogens is 234 g/mol. The Labute approximate surface area is 86.3 Å². The number of carbonyl (C=O) groups is 1. The van der Waals surface area contributed by atoms with Crippen LogP contribution < -0.4 is 5.48 Å². The van der Waals surface area contributed by atoms with Crippen molar-refractivity contribution >= 4 is 21.8 Å². The van der Waals surface area contributed by atoms with Gasteiger partial charge in [-0.15, -0.1) is 0 Å². The van der Waals surface area contributed by atoms with Crippen LogP contribution in [-0.2, 0) is 9.63 Å². The van der Waals surface area contributed by atoms with Gasteiger partial charge >= 0.3 is 0 Å². The second kappa shape index (κ2) is 3.24. The van der Waals surface area contributed by atoms with Gasteiger partial charge in [0.1, 0.15) is 0 Å². The van der Waals surface area contributed by atoms with Gasteiger partial charge in [-0.3, -0.25) is 9.63 Å². The van der Waals surface area contributed by atoms with Gasteiger partial charge < -0.3 is 0 Å². The Bertz CT molecular complexity index is 234. The van der Waals surface area contributed by atoms with Crippen LogP contribution in [0.1, 0.15) is 25.7 Å². The topological polar surface area (TPSA) is 38.3 Å². The molecule has 0 saturated heterocycles. The van der Waals surface area contributed by atoms with E-state index in [1.165, 1.54) is 13.5 Å². The fourth-order valence-electron chi connectivity index (χ4n) is 2.73. The number of amides is 1. The summed E-state index contributed by atoms with van der Waals surface area (Å²) < 4.78 is 0. The SMILES string of the molecule is CONC(=O)C12CCC(CC1Br)C2. The van der Waals surface area contributed by atoms with E-state index in [1.54, 1.807) is 0 Å². The van der Waals surface area contributed by atoms with Crippen LogP contribution >= 0.6 is 15.9 Å². The molecule has 0 aliphatic heterocycles. The molecule has 2 aliphatic carbocycles. The van der Waals surface area contributed by atoms with Gasteiger partial charge in [-0.25, -0.2) is 5.48 Å². The second-order valence-corrected chi connectivity index (χ2v) is 5.21.